The smallest absolute Gasteiger partial charge is 0.247 e. The lowest BCUT2D eigenvalue weighted by Crippen LogP contribution is -2.17. The summed E-state index contributed by atoms with van der Waals surface area (Å²) in [7, 11) is -8.08. The second-order valence-corrected chi connectivity index (χ2v) is 9.75. The van der Waals surface area contributed by atoms with Gasteiger partial charge in [-0.15, -0.1) is 0 Å². The molecular formula is C17H13F3N4O5S2. The van der Waals surface area contributed by atoms with Gasteiger partial charge in [-0.25, -0.2) is 45.7 Å². The van der Waals surface area contributed by atoms with Crippen LogP contribution in [0.25, 0.3) is 11.3 Å². The number of rotatable bonds is 6. The van der Waals surface area contributed by atoms with Gasteiger partial charge in [-0.05, 0) is 18.2 Å². The number of sulfone groups is 1. The van der Waals surface area contributed by atoms with Crippen LogP contribution in [0.3, 0.4) is 0 Å². The summed E-state index contributed by atoms with van der Waals surface area (Å²) in [5.41, 5.74) is -0.975. The van der Waals surface area contributed by atoms with Gasteiger partial charge >= 0.3 is 0 Å². The molecule has 0 atom stereocenters. The molecule has 2 N–H and O–H groups in total. The van der Waals surface area contributed by atoms with Crippen LogP contribution in [-0.4, -0.2) is 38.0 Å². The number of nitrogens with zero attached hydrogens (tertiary/aromatic N) is 3. The zero-order chi connectivity index (χ0) is 23.0. The Labute approximate surface area is 174 Å². The molecule has 31 heavy (non-hydrogen) atoms. The van der Waals surface area contributed by atoms with Gasteiger partial charge < -0.3 is 4.74 Å². The van der Waals surface area contributed by atoms with Crippen LogP contribution in [0.2, 0.25) is 0 Å². The van der Waals surface area contributed by atoms with Crippen molar-refractivity contribution in [3.63, 3.8) is 0 Å². The third kappa shape index (κ3) is 5.15. The van der Waals surface area contributed by atoms with Crippen LogP contribution in [0.15, 0.2) is 41.8 Å². The molecule has 0 unspecified atom stereocenters. The van der Waals surface area contributed by atoms with Crippen molar-refractivity contribution in [3.8, 4) is 22.9 Å². The first-order valence-corrected chi connectivity index (χ1v) is 11.8. The minimum Gasteiger partial charge on any atom is -0.435 e. The second kappa shape index (κ2) is 8.20. The molecule has 0 spiro atoms. The molecule has 3 aromatic rings. The number of hydrogen-bond donors (Lipinski definition) is 1. The number of aromatic nitrogens is 3. The summed E-state index contributed by atoms with van der Waals surface area (Å²) in [5, 5.41) is 4.27. The Morgan fingerprint density at radius 1 is 1.03 bits per heavy atom. The summed E-state index contributed by atoms with van der Waals surface area (Å²) in [4.78, 5) is 11.4. The highest BCUT2D eigenvalue weighted by Gasteiger charge is 2.24. The van der Waals surface area contributed by atoms with E-state index in [0.717, 1.165) is 12.5 Å². The van der Waals surface area contributed by atoms with Crippen molar-refractivity contribution in [2.24, 2.45) is 5.14 Å². The normalized spacial score (nSPS) is 12.0. The maximum absolute atomic E-state index is 14.4. The first kappa shape index (κ1) is 22.6. The summed E-state index contributed by atoms with van der Waals surface area (Å²) < 4.78 is 93.7. The fourth-order valence-electron chi connectivity index (χ4n) is 2.46. The fraction of sp³-hybridized carbons (Fsp3) is 0.118. The number of pyridine rings is 1. The van der Waals surface area contributed by atoms with Crippen molar-refractivity contribution in [2.75, 3.05) is 6.26 Å². The topological polar surface area (TPSA) is 142 Å². The predicted molar refractivity (Wildman–Crippen MR) is 102 cm³/mol. The number of hydrogen-bond acceptors (Lipinski definition) is 8. The average molecular weight is 474 g/mol. The Hall–Kier alpha value is -3.10. The molecule has 1 aromatic carbocycles. The monoisotopic (exact) mass is 474 g/mol. The number of primary sulfonamides is 1. The third-order valence-electron chi connectivity index (χ3n) is 3.78. The van der Waals surface area contributed by atoms with Crippen molar-refractivity contribution in [3.05, 3.63) is 59.7 Å². The Morgan fingerprint density at radius 3 is 2.39 bits per heavy atom. The van der Waals surface area contributed by atoms with Crippen LogP contribution >= 0.6 is 0 Å². The summed E-state index contributed by atoms with van der Waals surface area (Å²) in [6.45, 7) is 0. The SMILES string of the molecule is CS(=O)(=O)c1nccc(-c2cccnc2Oc2cc(F)c(CS(N)(=O)=O)c(F)c2F)n1. The molecule has 14 heteroatoms. The molecule has 0 saturated carbocycles. The largest absolute Gasteiger partial charge is 0.435 e. The van der Waals surface area contributed by atoms with E-state index in [-0.39, 0.29) is 17.1 Å². The fourth-order valence-corrected chi connectivity index (χ4v) is 3.64. The summed E-state index contributed by atoms with van der Waals surface area (Å²) in [6.07, 6.45) is 3.30. The van der Waals surface area contributed by atoms with E-state index in [1.165, 1.54) is 24.4 Å². The molecule has 0 bridgehead atoms. The highest BCUT2D eigenvalue weighted by Crippen LogP contribution is 2.34. The minimum atomic E-state index is -4.33. The van der Waals surface area contributed by atoms with Crippen molar-refractivity contribution in [2.45, 2.75) is 10.9 Å². The highest BCUT2D eigenvalue weighted by atomic mass is 32.2. The van der Waals surface area contributed by atoms with Gasteiger partial charge in [-0.3, -0.25) is 0 Å². The first-order valence-electron chi connectivity index (χ1n) is 8.20. The summed E-state index contributed by atoms with van der Waals surface area (Å²) in [6, 6.07) is 4.61. The standard InChI is InChI=1S/C17H13F3N4O5S2/c1-30(25,26)17-23-6-4-12(24-17)9-3-2-5-22-16(9)29-13-7-11(18)10(8-31(21,27)28)14(19)15(13)20/h2-7H,8H2,1H3,(H2,21,27,28). The number of ether oxygens (including phenoxy) is 1. The van der Waals surface area contributed by atoms with Gasteiger partial charge in [0.1, 0.15) is 5.82 Å². The zero-order valence-electron chi connectivity index (χ0n) is 15.6. The molecule has 0 aliphatic carbocycles. The van der Waals surface area contributed by atoms with Crippen molar-refractivity contribution in [1.82, 2.24) is 15.0 Å². The van der Waals surface area contributed by atoms with Gasteiger partial charge in [0.15, 0.2) is 11.6 Å². The lowest BCUT2D eigenvalue weighted by atomic mass is 10.2. The van der Waals surface area contributed by atoms with E-state index in [4.69, 9.17) is 9.88 Å². The van der Waals surface area contributed by atoms with Crippen molar-refractivity contribution < 1.29 is 34.7 Å². The van der Waals surface area contributed by atoms with Crippen LogP contribution in [0.4, 0.5) is 13.2 Å². The van der Waals surface area contributed by atoms with Gasteiger partial charge in [-0.1, -0.05) is 0 Å². The van der Waals surface area contributed by atoms with Gasteiger partial charge in [-0.2, -0.15) is 4.39 Å². The Balaban J connectivity index is 2.07. The van der Waals surface area contributed by atoms with E-state index in [9.17, 15) is 30.0 Å². The summed E-state index contributed by atoms with van der Waals surface area (Å²) in [5.74, 6) is -7.39. The number of sulfonamides is 1. The molecule has 0 amide bonds. The average Bonchev–Trinajstić information content (AvgIpc) is 2.68. The van der Waals surface area contributed by atoms with Crippen molar-refractivity contribution >= 4 is 19.9 Å². The zero-order valence-corrected chi connectivity index (χ0v) is 17.2. The Morgan fingerprint density at radius 2 is 1.74 bits per heavy atom. The van der Waals surface area contributed by atoms with E-state index in [0.29, 0.717) is 6.07 Å². The second-order valence-electron chi connectivity index (χ2n) is 6.23. The van der Waals surface area contributed by atoms with Crippen LogP contribution < -0.4 is 9.88 Å². The molecule has 0 aliphatic heterocycles. The molecule has 0 saturated heterocycles. The molecule has 2 heterocycles. The molecule has 0 aliphatic rings. The number of benzene rings is 1. The Bertz CT molecular complexity index is 1380. The van der Waals surface area contributed by atoms with E-state index in [2.05, 4.69) is 15.0 Å². The highest BCUT2D eigenvalue weighted by molar-refractivity contribution is 7.90. The molecule has 2 aromatic heterocycles. The number of nitrogens with two attached hydrogens (primary N) is 1. The van der Waals surface area contributed by atoms with Crippen molar-refractivity contribution in [1.29, 1.82) is 0 Å². The van der Waals surface area contributed by atoms with Crippen LogP contribution in [-0.2, 0) is 25.6 Å². The number of halogens is 3. The van der Waals surface area contributed by atoms with Gasteiger partial charge in [0.25, 0.3) is 0 Å². The maximum Gasteiger partial charge on any atom is 0.247 e. The van der Waals surface area contributed by atoms with E-state index >= 15 is 0 Å². The lowest BCUT2D eigenvalue weighted by molar-refractivity contribution is 0.396. The van der Waals surface area contributed by atoms with E-state index in [1.54, 1.807) is 0 Å². The maximum atomic E-state index is 14.4. The molecule has 0 radical (unpaired) electrons. The van der Waals surface area contributed by atoms with Crippen LogP contribution in [0.5, 0.6) is 11.6 Å². The third-order valence-corrected chi connectivity index (χ3v) is 5.34. The van der Waals surface area contributed by atoms with Gasteiger partial charge in [0, 0.05) is 30.3 Å². The molecule has 9 nitrogen and oxygen atoms in total. The van der Waals surface area contributed by atoms with E-state index < -0.39 is 59.5 Å². The summed E-state index contributed by atoms with van der Waals surface area (Å²) >= 11 is 0. The molecule has 0 fully saturated rings. The Kier molecular flexibility index (Phi) is 5.98. The lowest BCUT2D eigenvalue weighted by Gasteiger charge is -2.13. The van der Waals surface area contributed by atoms with Gasteiger partial charge in [0.05, 0.1) is 17.0 Å². The predicted octanol–water partition coefficient (Wildman–Crippen LogP) is 1.94. The minimum absolute atomic E-state index is 0.0331. The van der Waals surface area contributed by atoms with Crippen LogP contribution in [0, 0.1) is 17.5 Å². The van der Waals surface area contributed by atoms with Gasteiger partial charge in [0.2, 0.25) is 36.7 Å². The quantitative estimate of drug-likeness (QED) is 0.422. The molecule has 3 rings (SSSR count). The first-order chi connectivity index (χ1) is 14.4. The molecular weight excluding hydrogens is 461 g/mol. The van der Waals surface area contributed by atoms with Crippen LogP contribution in [0.1, 0.15) is 5.56 Å². The molecule has 164 valence electrons. The van der Waals surface area contributed by atoms with E-state index in [1.807, 2.05) is 0 Å².